The van der Waals surface area contributed by atoms with Gasteiger partial charge in [0.25, 0.3) is 5.91 Å². The van der Waals surface area contributed by atoms with Crippen molar-refractivity contribution in [2.45, 2.75) is 6.54 Å². The number of aliphatic carboxylic acids is 2. The number of rotatable bonds is 4. The van der Waals surface area contributed by atoms with E-state index in [9.17, 15) is 4.79 Å². The molecule has 29 heavy (non-hydrogen) atoms. The van der Waals surface area contributed by atoms with Gasteiger partial charge < -0.3 is 19.8 Å². The molecule has 1 fully saturated rings. The van der Waals surface area contributed by atoms with E-state index in [1.807, 2.05) is 53.7 Å². The minimum Gasteiger partial charge on any atom is -0.496 e. The van der Waals surface area contributed by atoms with Crippen LogP contribution in [-0.4, -0.2) is 76.1 Å². The first kappa shape index (κ1) is 21.8. The number of amides is 1. The third-order valence-corrected chi connectivity index (χ3v) is 4.34. The van der Waals surface area contributed by atoms with Gasteiger partial charge in [-0.2, -0.15) is 0 Å². The number of nitrogens with zero attached hydrogens (tertiary/aromatic N) is 3. The van der Waals surface area contributed by atoms with Crippen molar-refractivity contribution in [1.29, 1.82) is 0 Å². The predicted octanol–water partition coefficient (Wildman–Crippen LogP) is 1.20. The lowest BCUT2D eigenvalue weighted by Gasteiger charge is -2.35. The van der Waals surface area contributed by atoms with Crippen molar-refractivity contribution in [1.82, 2.24) is 14.8 Å². The number of piperazine rings is 1. The molecule has 0 spiro atoms. The van der Waals surface area contributed by atoms with Crippen LogP contribution in [0.5, 0.6) is 5.75 Å². The highest BCUT2D eigenvalue weighted by molar-refractivity contribution is 6.27. The lowest BCUT2D eigenvalue weighted by atomic mass is 10.1. The van der Waals surface area contributed by atoms with Gasteiger partial charge in [0.05, 0.1) is 12.7 Å². The fourth-order valence-corrected chi connectivity index (χ4v) is 2.85. The number of carboxylic acids is 2. The van der Waals surface area contributed by atoms with Gasteiger partial charge in [-0.1, -0.05) is 12.1 Å². The predicted molar refractivity (Wildman–Crippen MR) is 104 cm³/mol. The third kappa shape index (κ3) is 6.58. The molecule has 1 aromatic heterocycles. The molecule has 3 rings (SSSR count). The Morgan fingerprint density at radius 3 is 2.10 bits per heavy atom. The second-order valence-electron chi connectivity index (χ2n) is 6.23. The van der Waals surface area contributed by atoms with Crippen molar-refractivity contribution in [3.63, 3.8) is 0 Å². The summed E-state index contributed by atoms with van der Waals surface area (Å²) in [6, 6.07) is 11.5. The second kappa shape index (κ2) is 10.8. The van der Waals surface area contributed by atoms with Crippen LogP contribution in [0.4, 0.5) is 0 Å². The van der Waals surface area contributed by atoms with Gasteiger partial charge in [0.2, 0.25) is 0 Å². The number of hydrogen-bond acceptors (Lipinski definition) is 6. The number of ether oxygens (including phenoxy) is 1. The summed E-state index contributed by atoms with van der Waals surface area (Å²) in [6.07, 6.45) is 3.63. The van der Waals surface area contributed by atoms with Crippen molar-refractivity contribution in [3.05, 3.63) is 59.9 Å². The quantitative estimate of drug-likeness (QED) is 0.734. The summed E-state index contributed by atoms with van der Waals surface area (Å²) in [4.78, 5) is 39.2. The topological polar surface area (TPSA) is 120 Å². The Balaban J connectivity index is 0.000000438. The molecule has 0 atom stereocenters. The van der Waals surface area contributed by atoms with E-state index in [2.05, 4.69) is 9.88 Å². The van der Waals surface area contributed by atoms with E-state index in [1.165, 1.54) is 5.56 Å². The molecule has 0 radical (unpaired) electrons. The normalized spacial score (nSPS) is 13.8. The van der Waals surface area contributed by atoms with E-state index in [0.717, 1.165) is 32.7 Å². The molecule has 1 aliphatic rings. The van der Waals surface area contributed by atoms with Crippen LogP contribution < -0.4 is 4.74 Å². The average Bonchev–Trinajstić information content (AvgIpc) is 2.75. The summed E-state index contributed by atoms with van der Waals surface area (Å²) >= 11 is 0. The molecule has 0 unspecified atom stereocenters. The zero-order chi connectivity index (χ0) is 21.2. The van der Waals surface area contributed by atoms with Crippen LogP contribution in [0, 0.1) is 0 Å². The molecule has 0 saturated carbocycles. The number of para-hydroxylation sites is 1. The van der Waals surface area contributed by atoms with Crippen LogP contribution in [-0.2, 0) is 16.1 Å². The molecular weight excluding hydrogens is 378 g/mol. The number of pyridine rings is 1. The first-order valence-corrected chi connectivity index (χ1v) is 8.92. The summed E-state index contributed by atoms with van der Waals surface area (Å²) in [7, 11) is 1.60. The Labute approximate surface area is 168 Å². The molecule has 1 saturated heterocycles. The van der Waals surface area contributed by atoms with Crippen molar-refractivity contribution < 1.29 is 29.3 Å². The summed E-state index contributed by atoms with van der Waals surface area (Å²) in [5.41, 5.74) is 1.89. The summed E-state index contributed by atoms with van der Waals surface area (Å²) in [5, 5.41) is 14.8. The molecule has 1 aromatic carbocycles. The maximum Gasteiger partial charge on any atom is 0.414 e. The Morgan fingerprint density at radius 1 is 0.966 bits per heavy atom. The van der Waals surface area contributed by atoms with Crippen LogP contribution in [0.15, 0.2) is 48.8 Å². The van der Waals surface area contributed by atoms with Crippen molar-refractivity contribution >= 4 is 17.8 Å². The van der Waals surface area contributed by atoms with Crippen molar-refractivity contribution in [2.24, 2.45) is 0 Å². The smallest absolute Gasteiger partial charge is 0.414 e. The minimum atomic E-state index is -1.82. The fraction of sp³-hybridized carbons (Fsp3) is 0.300. The monoisotopic (exact) mass is 401 g/mol. The highest BCUT2D eigenvalue weighted by atomic mass is 16.5. The van der Waals surface area contributed by atoms with Crippen LogP contribution in [0.1, 0.15) is 15.9 Å². The molecular formula is C20H23N3O6. The molecule has 2 aromatic rings. The number of carbonyl (C=O) groups excluding carboxylic acids is 1. The maximum absolute atomic E-state index is 12.7. The zero-order valence-electron chi connectivity index (χ0n) is 16.0. The van der Waals surface area contributed by atoms with Gasteiger partial charge in [0.15, 0.2) is 0 Å². The minimum absolute atomic E-state index is 0.0472. The fourth-order valence-electron chi connectivity index (χ4n) is 2.85. The van der Waals surface area contributed by atoms with E-state index >= 15 is 0 Å². The summed E-state index contributed by atoms with van der Waals surface area (Å²) < 4.78 is 5.29. The average molecular weight is 401 g/mol. The Morgan fingerprint density at radius 2 is 1.55 bits per heavy atom. The molecule has 9 heteroatoms. The van der Waals surface area contributed by atoms with Crippen LogP contribution in [0.25, 0.3) is 0 Å². The van der Waals surface area contributed by atoms with Gasteiger partial charge in [-0.15, -0.1) is 0 Å². The highest BCUT2D eigenvalue weighted by Gasteiger charge is 2.24. The van der Waals surface area contributed by atoms with Gasteiger partial charge in [0.1, 0.15) is 5.75 Å². The van der Waals surface area contributed by atoms with Crippen LogP contribution in [0.3, 0.4) is 0 Å². The summed E-state index contributed by atoms with van der Waals surface area (Å²) in [5.74, 6) is -2.97. The van der Waals surface area contributed by atoms with Gasteiger partial charge in [0, 0.05) is 45.1 Å². The third-order valence-electron chi connectivity index (χ3n) is 4.34. The molecule has 154 valence electrons. The molecule has 1 amide bonds. The van der Waals surface area contributed by atoms with Crippen molar-refractivity contribution in [3.8, 4) is 5.75 Å². The largest absolute Gasteiger partial charge is 0.496 e. The van der Waals surface area contributed by atoms with Gasteiger partial charge in [-0.05, 0) is 29.8 Å². The van der Waals surface area contributed by atoms with E-state index in [0.29, 0.717) is 11.3 Å². The molecule has 0 aliphatic carbocycles. The SMILES string of the molecule is COc1ccccc1C(=O)N1CCN(Cc2ccncc2)CC1.O=C(O)C(=O)O. The van der Waals surface area contributed by atoms with E-state index in [1.54, 1.807) is 7.11 Å². The molecule has 9 nitrogen and oxygen atoms in total. The highest BCUT2D eigenvalue weighted by Crippen LogP contribution is 2.20. The molecule has 2 heterocycles. The first-order valence-electron chi connectivity index (χ1n) is 8.92. The van der Waals surface area contributed by atoms with E-state index in [4.69, 9.17) is 24.5 Å². The Kier molecular flexibility index (Phi) is 8.11. The number of carboxylic acid groups (broad SMARTS) is 2. The number of methoxy groups -OCH3 is 1. The zero-order valence-corrected chi connectivity index (χ0v) is 16.0. The summed E-state index contributed by atoms with van der Waals surface area (Å²) in [6.45, 7) is 4.13. The molecule has 0 bridgehead atoms. The Hall–Kier alpha value is -3.46. The maximum atomic E-state index is 12.7. The number of benzene rings is 1. The molecule has 1 aliphatic heterocycles. The number of hydrogen-bond donors (Lipinski definition) is 2. The van der Waals surface area contributed by atoms with Crippen LogP contribution in [0.2, 0.25) is 0 Å². The number of aromatic nitrogens is 1. The van der Waals surface area contributed by atoms with E-state index < -0.39 is 11.9 Å². The lowest BCUT2D eigenvalue weighted by Crippen LogP contribution is -2.48. The Bertz CT molecular complexity index is 823. The van der Waals surface area contributed by atoms with E-state index in [-0.39, 0.29) is 5.91 Å². The standard InChI is InChI=1S/C18H21N3O2.C2H2O4/c1-23-17-5-3-2-4-16(17)18(22)21-12-10-20(11-13-21)14-15-6-8-19-9-7-15;3-1(4)2(5)6/h2-9H,10-14H2,1H3;(H,3,4)(H,5,6). The first-order chi connectivity index (χ1) is 13.9. The van der Waals surface area contributed by atoms with Crippen LogP contribution >= 0.6 is 0 Å². The number of carbonyl (C=O) groups is 3. The van der Waals surface area contributed by atoms with Gasteiger partial charge in [-0.3, -0.25) is 14.7 Å². The second-order valence-corrected chi connectivity index (χ2v) is 6.23. The van der Waals surface area contributed by atoms with Gasteiger partial charge >= 0.3 is 11.9 Å². The molecule has 2 N–H and O–H groups in total. The van der Waals surface area contributed by atoms with Gasteiger partial charge in [-0.25, -0.2) is 9.59 Å². The van der Waals surface area contributed by atoms with Crippen molar-refractivity contribution in [2.75, 3.05) is 33.3 Å². The lowest BCUT2D eigenvalue weighted by molar-refractivity contribution is -0.159.